The van der Waals surface area contributed by atoms with E-state index in [1.54, 1.807) is 17.0 Å². The molecular weight excluding hydrogens is 428 g/mol. The second-order valence-corrected chi connectivity index (χ2v) is 7.90. The summed E-state index contributed by atoms with van der Waals surface area (Å²) in [5.74, 6) is -1.01. The third-order valence-corrected chi connectivity index (χ3v) is 5.91. The van der Waals surface area contributed by atoms with Gasteiger partial charge in [-0.05, 0) is 30.7 Å². The number of ether oxygens (including phenoxy) is 2. The van der Waals surface area contributed by atoms with Crippen LogP contribution in [0.2, 0.25) is 0 Å². The number of nitrogens with zero attached hydrogens (tertiary/aromatic N) is 3. The molecule has 0 aliphatic carbocycles. The van der Waals surface area contributed by atoms with Gasteiger partial charge in [-0.3, -0.25) is 9.59 Å². The Kier molecular flexibility index (Phi) is 6.95. The van der Waals surface area contributed by atoms with Gasteiger partial charge in [-0.15, -0.1) is 0 Å². The molecule has 3 aliphatic rings. The van der Waals surface area contributed by atoms with Gasteiger partial charge in [0.05, 0.1) is 44.7 Å². The number of carbonyl (C=O) groups is 3. The molecule has 0 aromatic heterocycles. The lowest BCUT2D eigenvalue weighted by Gasteiger charge is -2.35. The number of hydrogen-bond acceptors (Lipinski definition) is 8. The molecule has 10 heteroatoms. The predicted octanol–water partition coefficient (Wildman–Crippen LogP) is 0.313. The average molecular weight is 456 g/mol. The summed E-state index contributed by atoms with van der Waals surface area (Å²) in [6, 6.07) is 7.15. The van der Waals surface area contributed by atoms with Crippen LogP contribution in [0.15, 0.2) is 47.3 Å². The quantitative estimate of drug-likeness (QED) is 0.564. The number of nitrogens with one attached hydrogen (secondary N) is 1. The molecule has 1 fully saturated rings. The van der Waals surface area contributed by atoms with Crippen LogP contribution in [0.4, 0.5) is 11.4 Å². The summed E-state index contributed by atoms with van der Waals surface area (Å²) in [6.45, 7) is 3.22. The molecule has 3 heterocycles. The monoisotopic (exact) mass is 456 g/mol. The van der Waals surface area contributed by atoms with Gasteiger partial charge < -0.3 is 34.6 Å². The van der Waals surface area contributed by atoms with Crippen molar-refractivity contribution >= 4 is 29.2 Å². The maximum atomic E-state index is 13.1. The number of amides is 2. The van der Waals surface area contributed by atoms with E-state index >= 15 is 0 Å². The van der Waals surface area contributed by atoms with Gasteiger partial charge in [-0.1, -0.05) is 6.08 Å². The minimum Gasteiger partial charge on any atom is -0.466 e. The van der Waals surface area contributed by atoms with Gasteiger partial charge in [0.25, 0.3) is 11.8 Å². The Balaban J connectivity index is 1.49. The zero-order valence-corrected chi connectivity index (χ0v) is 18.6. The summed E-state index contributed by atoms with van der Waals surface area (Å²) >= 11 is 0. The number of methoxy groups -OCH3 is 1. The summed E-state index contributed by atoms with van der Waals surface area (Å²) in [6.07, 6.45) is 2.76. The molecule has 0 radical (unpaired) electrons. The minimum atomic E-state index is -0.593. The van der Waals surface area contributed by atoms with Gasteiger partial charge in [-0.25, -0.2) is 4.79 Å². The van der Waals surface area contributed by atoms with Crippen molar-refractivity contribution in [1.82, 2.24) is 9.80 Å². The first kappa shape index (κ1) is 22.8. The lowest BCUT2D eigenvalue weighted by Crippen LogP contribution is -2.45. The van der Waals surface area contributed by atoms with Crippen LogP contribution in [0, 0.1) is 0 Å². The molecule has 1 aromatic carbocycles. The molecule has 3 aliphatic heterocycles. The highest BCUT2D eigenvalue weighted by Gasteiger charge is 2.34. The van der Waals surface area contributed by atoms with Crippen molar-refractivity contribution in [1.29, 1.82) is 0 Å². The van der Waals surface area contributed by atoms with Crippen molar-refractivity contribution in [2.75, 3.05) is 69.9 Å². The molecule has 10 nitrogen and oxygen atoms in total. The van der Waals surface area contributed by atoms with Crippen LogP contribution in [0.1, 0.15) is 6.42 Å². The van der Waals surface area contributed by atoms with E-state index in [-0.39, 0.29) is 42.8 Å². The van der Waals surface area contributed by atoms with E-state index in [4.69, 9.17) is 9.47 Å². The van der Waals surface area contributed by atoms with E-state index < -0.39 is 5.97 Å². The van der Waals surface area contributed by atoms with Crippen LogP contribution in [-0.2, 0) is 23.9 Å². The SMILES string of the molecule is COC(=O)C1=C(Nc2ccc(N3CCC=C(N4CCOCC4)C3=O)cc2)C(=O)N(CCO)C1. The van der Waals surface area contributed by atoms with Crippen LogP contribution in [0.3, 0.4) is 0 Å². The Morgan fingerprint density at radius 2 is 1.85 bits per heavy atom. The maximum Gasteiger partial charge on any atom is 0.337 e. The molecule has 2 amide bonds. The van der Waals surface area contributed by atoms with Crippen LogP contribution in [0.5, 0.6) is 0 Å². The molecule has 0 atom stereocenters. The number of aliphatic hydroxyl groups is 1. The first-order valence-corrected chi connectivity index (χ1v) is 11.0. The van der Waals surface area contributed by atoms with Crippen LogP contribution >= 0.6 is 0 Å². The summed E-state index contributed by atoms with van der Waals surface area (Å²) in [4.78, 5) is 43.1. The summed E-state index contributed by atoms with van der Waals surface area (Å²) in [5, 5.41) is 12.2. The Labute approximate surface area is 192 Å². The fraction of sp³-hybridized carbons (Fsp3) is 0.435. The van der Waals surface area contributed by atoms with Gasteiger partial charge in [0.15, 0.2) is 0 Å². The van der Waals surface area contributed by atoms with E-state index in [0.717, 1.165) is 12.1 Å². The van der Waals surface area contributed by atoms with E-state index in [0.29, 0.717) is 44.2 Å². The lowest BCUT2D eigenvalue weighted by molar-refractivity contribution is -0.136. The molecule has 4 rings (SSSR count). The molecule has 0 unspecified atom stereocenters. The molecule has 0 spiro atoms. The Bertz CT molecular complexity index is 981. The van der Waals surface area contributed by atoms with Crippen molar-refractivity contribution in [3.63, 3.8) is 0 Å². The fourth-order valence-corrected chi connectivity index (χ4v) is 4.19. The van der Waals surface area contributed by atoms with Crippen molar-refractivity contribution in [3.8, 4) is 0 Å². The lowest BCUT2D eigenvalue weighted by atomic mass is 10.1. The van der Waals surface area contributed by atoms with E-state index in [9.17, 15) is 19.5 Å². The average Bonchev–Trinajstić information content (AvgIpc) is 3.15. The second kappa shape index (κ2) is 10.1. The van der Waals surface area contributed by atoms with Crippen LogP contribution < -0.4 is 10.2 Å². The van der Waals surface area contributed by atoms with Crippen molar-refractivity contribution in [2.24, 2.45) is 0 Å². The van der Waals surface area contributed by atoms with Crippen LogP contribution in [0.25, 0.3) is 0 Å². The number of morpholine rings is 1. The van der Waals surface area contributed by atoms with Gasteiger partial charge >= 0.3 is 5.97 Å². The first-order valence-electron chi connectivity index (χ1n) is 11.0. The topological polar surface area (TPSA) is 112 Å². The largest absolute Gasteiger partial charge is 0.466 e. The fourth-order valence-electron chi connectivity index (χ4n) is 4.19. The summed E-state index contributed by atoms with van der Waals surface area (Å²) in [7, 11) is 1.26. The number of benzene rings is 1. The number of β-amino-alcohol motifs (C(OH)–C–C–N with tert-alkyl or cyclic N) is 1. The van der Waals surface area contributed by atoms with Gasteiger partial charge in [0, 0.05) is 37.6 Å². The highest BCUT2D eigenvalue weighted by atomic mass is 16.5. The normalized spacial score (nSPS) is 19.2. The molecule has 0 saturated carbocycles. The summed E-state index contributed by atoms with van der Waals surface area (Å²) < 4.78 is 10.2. The zero-order chi connectivity index (χ0) is 23.4. The molecule has 2 N–H and O–H groups in total. The standard InChI is InChI=1S/C23H28N4O6/c1-32-23(31)18-15-26(9-12-28)22(30)20(18)24-16-4-6-17(7-5-16)27-8-2-3-19(21(27)29)25-10-13-33-14-11-25/h3-7,24,28H,2,8-15H2,1H3. The van der Waals surface area contributed by atoms with Crippen molar-refractivity contribution < 1.29 is 29.0 Å². The minimum absolute atomic E-state index is 0.0369. The molecular formula is C23H28N4O6. The number of rotatable bonds is 7. The summed E-state index contributed by atoms with van der Waals surface area (Å²) in [5.41, 5.74) is 2.41. The van der Waals surface area contributed by atoms with Gasteiger partial charge in [-0.2, -0.15) is 0 Å². The number of esters is 1. The van der Waals surface area contributed by atoms with E-state index in [1.807, 2.05) is 18.2 Å². The zero-order valence-electron chi connectivity index (χ0n) is 18.6. The van der Waals surface area contributed by atoms with Gasteiger partial charge in [0.2, 0.25) is 0 Å². The van der Waals surface area contributed by atoms with E-state index in [2.05, 4.69) is 10.2 Å². The smallest absolute Gasteiger partial charge is 0.337 e. The third kappa shape index (κ3) is 4.71. The third-order valence-electron chi connectivity index (χ3n) is 5.91. The Morgan fingerprint density at radius 1 is 1.12 bits per heavy atom. The number of anilines is 2. The van der Waals surface area contributed by atoms with Gasteiger partial charge in [0.1, 0.15) is 5.70 Å². The van der Waals surface area contributed by atoms with Crippen molar-refractivity contribution in [2.45, 2.75) is 6.42 Å². The highest BCUT2D eigenvalue weighted by Crippen LogP contribution is 2.27. The molecule has 0 bridgehead atoms. The van der Waals surface area contributed by atoms with Crippen LogP contribution in [-0.4, -0.2) is 92.3 Å². The highest BCUT2D eigenvalue weighted by molar-refractivity contribution is 6.09. The van der Waals surface area contributed by atoms with E-state index in [1.165, 1.54) is 12.0 Å². The number of carbonyl (C=O) groups excluding carboxylic acids is 3. The Hall–Kier alpha value is -3.37. The second-order valence-electron chi connectivity index (χ2n) is 7.90. The first-order chi connectivity index (χ1) is 16.0. The maximum absolute atomic E-state index is 13.1. The Morgan fingerprint density at radius 3 is 2.52 bits per heavy atom. The molecule has 33 heavy (non-hydrogen) atoms. The number of aliphatic hydroxyl groups excluding tert-OH is 1. The predicted molar refractivity (Wildman–Crippen MR) is 120 cm³/mol. The van der Waals surface area contributed by atoms with Crippen molar-refractivity contribution in [3.05, 3.63) is 47.3 Å². The molecule has 1 saturated heterocycles. The molecule has 176 valence electrons. The molecule has 1 aromatic rings. The number of hydrogen-bond donors (Lipinski definition) is 2.